The van der Waals surface area contributed by atoms with Gasteiger partial charge in [0.1, 0.15) is 0 Å². The molecule has 0 atom stereocenters. The van der Waals surface area contributed by atoms with Crippen LogP contribution in [0.5, 0.6) is 0 Å². The summed E-state index contributed by atoms with van der Waals surface area (Å²) in [6, 6.07) is 3.67. The highest BCUT2D eigenvalue weighted by atomic mass is 32.1. The molecule has 5 nitrogen and oxygen atoms in total. The quantitative estimate of drug-likeness (QED) is 0.679. The number of rotatable bonds is 4. The number of nitrogens with one attached hydrogen (secondary N) is 1. The molecular formula is C12H13N3O2S. The van der Waals surface area contributed by atoms with Crippen molar-refractivity contribution >= 4 is 22.8 Å². The number of aromatic nitrogens is 1. The second kappa shape index (κ2) is 5.14. The van der Waals surface area contributed by atoms with Gasteiger partial charge in [-0.2, -0.15) is 0 Å². The topological polar surface area (TPSA) is 68.1 Å². The van der Waals surface area contributed by atoms with Crippen LogP contribution in [-0.2, 0) is 6.54 Å². The molecule has 2 heterocycles. The van der Waals surface area contributed by atoms with Crippen molar-refractivity contribution < 1.29 is 4.92 Å². The van der Waals surface area contributed by atoms with Crippen molar-refractivity contribution in [3.63, 3.8) is 0 Å². The molecule has 0 fully saturated rings. The Bertz CT molecular complexity index is 580. The monoisotopic (exact) mass is 263 g/mol. The van der Waals surface area contributed by atoms with Gasteiger partial charge in [-0.15, -0.1) is 11.3 Å². The molecule has 0 aliphatic heterocycles. The Morgan fingerprint density at radius 3 is 2.78 bits per heavy atom. The third-order valence-corrected chi connectivity index (χ3v) is 3.72. The van der Waals surface area contributed by atoms with Gasteiger partial charge in [0.05, 0.1) is 11.5 Å². The molecule has 0 aliphatic rings. The Hall–Kier alpha value is -1.95. The third-order valence-electron chi connectivity index (χ3n) is 2.69. The molecule has 0 amide bonds. The minimum atomic E-state index is -0.397. The van der Waals surface area contributed by atoms with Crippen LogP contribution in [0.25, 0.3) is 0 Å². The normalized spacial score (nSPS) is 10.3. The van der Waals surface area contributed by atoms with Gasteiger partial charge in [-0.3, -0.25) is 10.1 Å². The molecule has 6 heteroatoms. The molecule has 0 aromatic carbocycles. The molecule has 94 valence electrons. The van der Waals surface area contributed by atoms with Gasteiger partial charge in [0.25, 0.3) is 0 Å². The van der Waals surface area contributed by atoms with E-state index in [2.05, 4.69) is 10.3 Å². The zero-order valence-electron chi connectivity index (χ0n) is 10.1. The van der Waals surface area contributed by atoms with Gasteiger partial charge in [-0.05, 0) is 36.9 Å². The zero-order valence-corrected chi connectivity index (χ0v) is 11.0. The maximum atomic E-state index is 11.0. The van der Waals surface area contributed by atoms with Crippen LogP contribution in [-0.4, -0.2) is 9.91 Å². The number of hydrogen-bond acceptors (Lipinski definition) is 5. The van der Waals surface area contributed by atoms with Gasteiger partial charge < -0.3 is 5.32 Å². The Balaban J connectivity index is 2.22. The molecule has 2 rings (SSSR count). The van der Waals surface area contributed by atoms with Crippen molar-refractivity contribution in [3.8, 4) is 0 Å². The highest BCUT2D eigenvalue weighted by Gasteiger charge is 2.18. The van der Waals surface area contributed by atoms with E-state index in [4.69, 9.17) is 0 Å². The highest BCUT2D eigenvalue weighted by molar-refractivity contribution is 7.10. The molecular weight excluding hydrogens is 250 g/mol. The van der Waals surface area contributed by atoms with Gasteiger partial charge in [-0.25, -0.2) is 4.98 Å². The molecule has 0 unspecified atom stereocenters. The minimum absolute atomic E-state index is 0.0479. The number of hydrogen-bond donors (Lipinski definition) is 1. The van der Waals surface area contributed by atoms with E-state index in [0.29, 0.717) is 17.9 Å². The smallest absolute Gasteiger partial charge is 0.314 e. The SMILES string of the molecule is Cc1ccsc1CNc1nccc(C)c1[N+](=O)[O-]. The molecule has 2 aromatic rings. The van der Waals surface area contributed by atoms with E-state index in [1.54, 1.807) is 30.5 Å². The second-order valence-electron chi connectivity index (χ2n) is 3.96. The van der Waals surface area contributed by atoms with E-state index < -0.39 is 4.92 Å². The van der Waals surface area contributed by atoms with Crippen LogP contribution in [0.15, 0.2) is 23.7 Å². The molecule has 0 spiro atoms. The van der Waals surface area contributed by atoms with E-state index in [0.717, 1.165) is 4.88 Å². The predicted molar refractivity (Wildman–Crippen MR) is 72.0 cm³/mol. The van der Waals surface area contributed by atoms with Crippen molar-refractivity contribution in [1.82, 2.24) is 4.98 Å². The first-order valence-electron chi connectivity index (χ1n) is 5.46. The summed E-state index contributed by atoms with van der Waals surface area (Å²) in [7, 11) is 0. The maximum Gasteiger partial charge on any atom is 0.314 e. The largest absolute Gasteiger partial charge is 0.359 e. The zero-order chi connectivity index (χ0) is 13.1. The van der Waals surface area contributed by atoms with Gasteiger partial charge >= 0.3 is 5.69 Å². The van der Waals surface area contributed by atoms with Crippen LogP contribution in [0.1, 0.15) is 16.0 Å². The molecule has 18 heavy (non-hydrogen) atoms. The summed E-state index contributed by atoms with van der Waals surface area (Å²) in [5, 5.41) is 16.0. The van der Waals surface area contributed by atoms with Crippen LogP contribution in [0, 0.1) is 24.0 Å². The summed E-state index contributed by atoms with van der Waals surface area (Å²) in [5.74, 6) is 0.327. The fourth-order valence-corrected chi connectivity index (χ4v) is 2.51. The Morgan fingerprint density at radius 1 is 1.39 bits per heavy atom. The van der Waals surface area contributed by atoms with Crippen molar-refractivity contribution in [3.05, 3.63) is 49.8 Å². The Labute approximate surface area is 109 Å². The number of pyridine rings is 1. The first kappa shape index (κ1) is 12.5. The summed E-state index contributed by atoms with van der Waals surface area (Å²) in [5.41, 5.74) is 1.84. The summed E-state index contributed by atoms with van der Waals surface area (Å²) >= 11 is 1.63. The first-order chi connectivity index (χ1) is 8.59. The molecule has 0 bridgehead atoms. The second-order valence-corrected chi connectivity index (χ2v) is 4.96. The van der Waals surface area contributed by atoms with Crippen molar-refractivity contribution in [2.45, 2.75) is 20.4 Å². The van der Waals surface area contributed by atoms with Crippen LogP contribution in [0.3, 0.4) is 0 Å². The molecule has 0 saturated carbocycles. The number of nitrogens with zero attached hydrogens (tertiary/aromatic N) is 2. The first-order valence-corrected chi connectivity index (χ1v) is 6.34. The average Bonchev–Trinajstić information content (AvgIpc) is 2.71. The van der Waals surface area contributed by atoms with E-state index in [-0.39, 0.29) is 5.69 Å². The fourth-order valence-electron chi connectivity index (χ4n) is 1.66. The summed E-state index contributed by atoms with van der Waals surface area (Å²) in [6.07, 6.45) is 1.58. The highest BCUT2D eigenvalue weighted by Crippen LogP contribution is 2.26. The van der Waals surface area contributed by atoms with E-state index in [1.165, 1.54) is 5.56 Å². The summed E-state index contributed by atoms with van der Waals surface area (Å²) in [4.78, 5) is 15.8. The average molecular weight is 263 g/mol. The summed E-state index contributed by atoms with van der Waals surface area (Å²) < 4.78 is 0. The Morgan fingerprint density at radius 2 is 2.17 bits per heavy atom. The van der Waals surface area contributed by atoms with Crippen LogP contribution in [0.2, 0.25) is 0 Å². The molecule has 0 aliphatic carbocycles. The molecule has 2 aromatic heterocycles. The minimum Gasteiger partial charge on any atom is -0.359 e. The number of thiophene rings is 1. The maximum absolute atomic E-state index is 11.0. The van der Waals surface area contributed by atoms with Gasteiger partial charge in [0, 0.05) is 16.6 Å². The lowest BCUT2D eigenvalue weighted by atomic mass is 10.2. The van der Waals surface area contributed by atoms with Crippen molar-refractivity contribution in [1.29, 1.82) is 0 Å². The van der Waals surface area contributed by atoms with Crippen LogP contribution >= 0.6 is 11.3 Å². The lowest BCUT2D eigenvalue weighted by molar-refractivity contribution is -0.384. The van der Waals surface area contributed by atoms with Crippen molar-refractivity contribution in [2.75, 3.05) is 5.32 Å². The number of anilines is 1. The molecule has 1 N–H and O–H groups in total. The molecule has 0 radical (unpaired) electrons. The van der Waals surface area contributed by atoms with Gasteiger partial charge in [0.15, 0.2) is 0 Å². The molecule has 0 saturated heterocycles. The predicted octanol–water partition coefficient (Wildman–Crippen LogP) is 3.28. The lowest BCUT2D eigenvalue weighted by Crippen LogP contribution is -2.05. The fraction of sp³-hybridized carbons (Fsp3) is 0.250. The van der Waals surface area contributed by atoms with E-state index >= 15 is 0 Å². The van der Waals surface area contributed by atoms with Gasteiger partial charge in [0.2, 0.25) is 5.82 Å². The lowest BCUT2D eigenvalue weighted by Gasteiger charge is -2.07. The van der Waals surface area contributed by atoms with Crippen molar-refractivity contribution in [2.24, 2.45) is 0 Å². The van der Waals surface area contributed by atoms with Crippen LogP contribution < -0.4 is 5.32 Å². The number of nitro groups is 1. The third kappa shape index (κ3) is 2.48. The van der Waals surface area contributed by atoms with E-state index in [1.807, 2.05) is 18.4 Å². The van der Waals surface area contributed by atoms with Gasteiger partial charge in [-0.1, -0.05) is 0 Å². The standard InChI is InChI=1S/C12H13N3O2S/c1-8-4-6-18-10(8)7-14-12-11(15(16)17)9(2)3-5-13-12/h3-6H,7H2,1-2H3,(H,13,14). The number of aryl methyl sites for hydroxylation is 2. The Kier molecular flexibility index (Phi) is 3.57. The van der Waals surface area contributed by atoms with Crippen LogP contribution in [0.4, 0.5) is 11.5 Å². The summed E-state index contributed by atoms with van der Waals surface area (Å²) in [6.45, 7) is 4.29. The van der Waals surface area contributed by atoms with E-state index in [9.17, 15) is 10.1 Å².